The van der Waals surface area contributed by atoms with Crippen LogP contribution in [0.15, 0.2) is 71.7 Å². The summed E-state index contributed by atoms with van der Waals surface area (Å²) in [5, 5.41) is 14.2. The number of aromatic nitrogens is 3. The first-order chi connectivity index (χ1) is 19.5. The predicted octanol–water partition coefficient (Wildman–Crippen LogP) is 5.86. The number of amides is 1. The van der Waals surface area contributed by atoms with Crippen molar-refractivity contribution >= 4 is 40.0 Å². The second-order valence-electron chi connectivity index (χ2n) is 8.49. The van der Waals surface area contributed by atoms with Gasteiger partial charge in [-0.1, -0.05) is 49.0 Å². The molecule has 0 aliphatic heterocycles. The molecule has 4 rings (SSSR count). The van der Waals surface area contributed by atoms with Crippen LogP contribution in [0.4, 0.5) is 5.00 Å². The van der Waals surface area contributed by atoms with Gasteiger partial charge in [-0.3, -0.25) is 9.36 Å². The van der Waals surface area contributed by atoms with Crippen molar-refractivity contribution in [1.29, 1.82) is 0 Å². The molecule has 0 saturated carbocycles. The number of anilines is 1. The van der Waals surface area contributed by atoms with Gasteiger partial charge in [-0.05, 0) is 41.8 Å². The summed E-state index contributed by atoms with van der Waals surface area (Å²) in [5.74, 6) is 1.30. The van der Waals surface area contributed by atoms with Crippen LogP contribution in [-0.4, -0.2) is 46.6 Å². The van der Waals surface area contributed by atoms with Gasteiger partial charge in [-0.2, -0.15) is 0 Å². The molecule has 0 unspecified atom stereocenters. The van der Waals surface area contributed by atoms with Gasteiger partial charge in [0.05, 0.1) is 20.0 Å². The zero-order chi connectivity index (χ0) is 28.5. The molecule has 0 saturated heterocycles. The molecule has 11 heteroatoms. The zero-order valence-electron chi connectivity index (χ0n) is 22.5. The van der Waals surface area contributed by atoms with Crippen LogP contribution < -0.4 is 14.8 Å². The Morgan fingerprint density at radius 2 is 1.80 bits per heavy atom. The molecule has 2 aromatic carbocycles. The van der Waals surface area contributed by atoms with Gasteiger partial charge in [0, 0.05) is 17.5 Å². The van der Waals surface area contributed by atoms with Crippen LogP contribution in [0, 0.1) is 0 Å². The van der Waals surface area contributed by atoms with Gasteiger partial charge in [0.2, 0.25) is 5.91 Å². The second kappa shape index (κ2) is 13.8. The molecule has 4 aromatic rings. The van der Waals surface area contributed by atoms with Gasteiger partial charge in [0.15, 0.2) is 11.0 Å². The van der Waals surface area contributed by atoms with Crippen LogP contribution in [-0.2, 0) is 29.1 Å². The van der Waals surface area contributed by atoms with Crippen molar-refractivity contribution < 1.29 is 23.8 Å². The molecular weight excluding hydrogens is 548 g/mol. The van der Waals surface area contributed by atoms with Gasteiger partial charge >= 0.3 is 5.97 Å². The average Bonchev–Trinajstić information content (AvgIpc) is 3.58. The minimum atomic E-state index is -0.533. The topological polar surface area (TPSA) is 105 Å². The molecule has 0 aliphatic rings. The fourth-order valence-electron chi connectivity index (χ4n) is 3.84. The van der Waals surface area contributed by atoms with E-state index in [1.165, 1.54) is 35.8 Å². The lowest BCUT2D eigenvalue weighted by Gasteiger charge is -2.10. The van der Waals surface area contributed by atoms with Crippen LogP contribution >= 0.6 is 23.1 Å². The average molecular weight is 579 g/mol. The number of thiophene rings is 1. The third-order valence-corrected chi connectivity index (χ3v) is 7.83. The number of nitrogens with zero attached hydrogens (tertiary/aromatic N) is 3. The summed E-state index contributed by atoms with van der Waals surface area (Å²) in [6, 6.07) is 15.2. The molecule has 0 atom stereocenters. The molecule has 0 spiro atoms. The highest BCUT2D eigenvalue weighted by Gasteiger charge is 2.23. The molecule has 9 nitrogen and oxygen atoms in total. The third kappa shape index (κ3) is 6.91. The van der Waals surface area contributed by atoms with Crippen molar-refractivity contribution in [1.82, 2.24) is 14.8 Å². The van der Waals surface area contributed by atoms with Crippen molar-refractivity contribution in [2.75, 3.05) is 25.3 Å². The maximum absolute atomic E-state index is 12.9. The first-order valence-corrected chi connectivity index (χ1v) is 14.3. The zero-order valence-corrected chi connectivity index (χ0v) is 24.1. The van der Waals surface area contributed by atoms with Crippen LogP contribution in [0.5, 0.6) is 11.5 Å². The Kier molecular flexibility index (Phi) is 9.98. The van der Waals surface area contributed by atoms with Crippen molar-refractivity contribution in [3.63, 3.8) is 0 Å². The van der Waals surface area contributed by atoms with Gasteiger partial charge in [0.25, 0.3) is 0 Å². The molecule has 1 amide bonds. The van der Waals surface area contributed by atoms with Crippen molar-refractivity contribution in [2.24, 2.45) is 0 Å². The van der Waals surface area contributed by atoms with E-state index >= 15 is 0 Å². The number of hydrogen-bond acceptors (Lipinski definition) is 9. The lowest BCUT2D eigenvalue weighted by Crippen LogP contribution is -2.16. The number of aryl methyl sites for hydroxylation is 1. The molecule has 208 valence electrons. The Hall–Kier alpha value is -4.09. The molecule has 40 heavy (non-hydrogen) atoms. The molecule has 0 radical (unpaired) electrons. The lowest BCUT2D eigenvalue weighted by atomic mass is 10.0. The predicted molar refractivity (Wildman–Crippen MR) is 157 cm³/mol. The summed E-state index contributed by atoms with van der Waals surface area (Å²) < 4.78 is 18.0. The fourth-order valence-corrected chi connectivity index (χ4v) is 5.58. The van der Waals surface area contributed by atoms with Crippen molar-refractivity contribution in [2.45, 2.75) is 31.7 Å². The number of benzene rings is 2. The van der Waals surface area contributed by atoms with Crippen molar-refractivity contribution in [3.8, 4) is 22.6 Å². The molecule has 2 heterocycles. The number of methoxy groups -OCH3 is 2. The minimum absolute atomic E-state index is 0.0605. The second-order valence-corrected chi connectivity index (χ2v) is 10.3. The van der Waals surface area contributed by atoms with E-state index < -0.39 is 5.97 Å². The summed E-state index contributed by atoms with van der Waals surface area (Å²) in [6.45, 7) is 6.62. The number of hydrogen-bond donors (Lipinski definition) is 1. The Labute approximate surface area is 241 Å². The van der Waals surface area contributed by atoms with E-state index in [1.54, 1.807) is 13.2 Å². The Morgan fingerprint density at radius 3 is 2.45 bits per heavy atom. The lowest BCUT2D eigenvalue weighted by molar-refractivity contribution is -0.113. The largest absolute Gasteiger partial charge is 0.497 e. The number of ether oxygens (including phenoxy) is 3. The molecular formula is C29H30N4O5S2. The number of nitrogens with one attached hydrogen (secondary N) is 1. The van der Waals surface area contributed by atoms with E-state index in [9.17, 15) is 9.59 Å². The van der Waals surface area contributed by atoms with Crippen molar-refractivity contribution in [3.05, 3.63) is 83.5 Å². The number of carbonyl (C=O) groups excluding carboxylic acids is 2. The standard InChI is InChI=1S/C29H30N4O5S2/c1-5-15-33-24(16-38-22-11-7-19(6-2)8-12-22)31-32-29(33)40-18-25(34)30-27-26(28(35)37-4)23(17-39-27)20-9-13-21(36-3)14-10-20/h5,7-14,17H,1,6,15-16,18H2,2-4H3,(H,30,34). The maximum atomic E-state index is 12.9. The third-order valence-electron chi connectivity index (χ3n) is 5.97. The smallest absolute Gasteiger partial charge is 0.341 e. The minimum Gasteiger partial charge on any atom is -0.497 e. The van der Waals surface area contributed by atoms with E-state index in [-0.39, 0.29) is 18.3 Å². The summed E-state index contributed by atoms with van der Waals surface area (Å²) in [7, 11) is 2.90. The fraction of sp³-hybridized carbons (Fsp3) is 0.241. The Morgan fingerprint density at radius 1 is 1.07 bits per heavy atom. The molecule has 0 aliphatic carbocycles. The highest BCUT2D eigenvalue weighted by atomic mass is 32.2. The molecule has 0 fully saturated rings. The van der Waals surface area contributed by atoms with Crippen LogP contribution in [0.25, 0.3) is 11.1 Å². The van der Waals surface area contributed by atoms with E-state index in [1.807, 2.05) is 58.5 Å². The van der Waals surface area contributed by atoms with Crippen LogP contribution in [0.3, 0.4) is 0 Å². The highest BCUT2D eigenvalue weighted by molar-refractivity contribution is 7.99. The number of esters is 1. The summed E-state index contributed by atoms with van der Waals surface area (Å²) in [4.78, 5) is 25.6. The van der Waals surface area contributed by atoms with Gasteiger partial charge in [-0.15, -0.1) is 28.1 Å². The molecule has 0 bridgehead atoms. The van der Waals surface area contributed by atoms with Crippen LogP contribution in [0.2, 0.25) is 0 Å². The number of rotatable bonds is 13. The normalized spacial score (nSPS) is 10.7. The van der Waals surface area contributed by atoms with E-state index in [0.29, 0.717) is 39.4 Å². The molecule has 2 aromatic heterocycles. The quantitative estimate of drug-likeness (QED) is 0.120. The van der Waals surface area contributed by atoms with Crippen LogP contribution in [0.1, 0.15) is 28.7 Å². The van der Waals surface area contributed by atoms with E-state index in [0.717, 1.165) is 17.7 Å². The summed E-state index contributed by atoms with van der Waals surface area (Å²) >= 11 is 2.50. The summed E-state index contributed by atoms with van der Waals surface area (Å²) in [6.07, 6.45) is 2.70. The van der Waals surface area contributed by atoms with Gasteiger partial charge in [0.1, 0.15) is 28.7 Å². The monoisotopic (exact) mass is 578 g/mol. The van der Waals surface area contributed by atoms with E-state index in [4.69, 9.17) is 14.2 Å². The Bertz CT molecular complexity index is 1460. The molecule has 1 N–H and O–H groups in total. The summed E-state index contributed by atoms with van der Waals surface area (Å²) in [5.41, 5.74) is 3.01. The SMILES string of the molecule is C=CCn1c(COc2ccc(CC)cc2)nnc1SCC(=O)Nc1scc(-c2ccc(OC)cc2)c1C(=O)OC. The maximum Gasteiger partial charge on any atom is 0.341 e. The number of allylic oxidation sites excluding steroid dienone is 1. The first-order valence-electron chi connectivity index (χ1n) is 12.5. The first kappa shape index (κ1) is 28.9. The number of thioether (sulfide) groups is 1. The van der Waals surface area contributed by atoms with E-state index in [2.05, 4.69) is 29.0 Å². The van der Waals surface area contributed by atoms with Gasteiger partial charge < -0.3 is 19.5 Å². The highest BCUT2D eigenvalue weighted by Crippen LogP contribution is 2.37. The Balaban J connectivity index is 1.43. The number of carbonyl (C=O) groups is 2. The van der Waals surface area contributed by atoms with Gasteiger partial charge in [-0.25, -0.2) is 4.79 Å².